The van der Waals surface area contributed by atoms with Crippen LogP contribution in [0.15, 0.2) is 96.0 Å². The third-order valence-electron chi connectivity index (χ3n) is 6.02. The fourth-order valence-corrected chi connectivity index (χ4v) is 4.33. The normalized spacial score (nSPS) is 23.6. The minimum absolute atomic E-state index is 0.288. The summed E-state index contributed by atoms with van der Waals surface area (Å²) in [6.45, 7) is 1.50. The van der Waals surface area contributed by atoms with Gasteiger partial charge in [-0.1, -0.05) is 91.0 Å². The number of benzene rings is 3. The molecule has 3 aromatic rings. The number of hydrogen-bond acceptors (Lipinski definition) is 7. The van der Waals surface area contributed by atoms with Gasteiger partial charge in [-0.25, -0.2) is 4.99 Å². The maximum Gasteiger partial charge on any atom is 0.186 e. The first-order valence-electron chi connectivity index (χ1n) is 12.0. The summed E-state index contributed by atoms with van der Waals surface area (Å²) in [5, 5.41) is 2.53. The van der Waals surface area contributed by atoms with E-state index in [0.29, 0.717) is 19.8 Å². The SMILES string of the molecule is CO[C@H]1O[C@H](COCc2ccccc2)[C@H](N=C=S)[C@H](OCc2ccccc2)[C@H]1OCc1ccccc1. The molecular weight excluding hydrogens is 474 g/mol. The Morgan fingerprint density at radius 2 is 1.25 bits per heavy atom. The van der Waals surface area contributed by atoms with Crippen LogP contribution in [0, 0.1) is 0 Å². The number of ether oxygens (including phenoxy) is 5. The first-order valence-corrected chi connectivity index (χ1v) is 12.4. The number of rotatable bonds is 12. The molecule has 0 saturated carbocycles. The van der Waals surface area contributed by atoms with Gasteiger partial charge in [-0.15, -0.1) is 0 Å². The Hall–Kier alpha value is -2.74. The van der Waals surface area contributed by atoms with E-state index in [0.717, 1.165) is 16.7 Å². The molecule has 0 unspecified atom stereocenters. The number of hydrogen-bond donors (Lipinski definition) is 0. The first-order chi connectivity index (χ1) is 17.8. The Balaban J connectivity index is 1.52. The maximum atomic E-state index is 6.44. The van der Waals surface area contributed by atoms with Crippen molar-refractivity contribution in [3.05, 3.63) is 108 Å². The summed E-state index contributed by atoms with van der Waals surface area (Å²) in [4.78, 5) is 4.46. The first kappa shape index (κ1) is 26.3. The van der Waals surface area contributed by atoms with E-state index in [1.165, 1.54) is 0 Å². The van der Waals surface area contributed by atoms with E-state index in [2.05, 4.69) is 10.2 Å². The van der Waals surface area contributed by atoms with Crippen molar-refractivity contribution < 1.29 is 23.7 Å². The predicted molar refractivity (Wildman–Crippen MR) is 141 cm³/mol. The van der Waals surface area contributed by atoms with E-state index < -0.39 is 30.6 Å². The number of methoxy groups -OCH3 is 1. The summed E-state index contributed by atoms with van der Waals surface area (Å²) < 4.78 is 30.8. The van der Waals surface area contributed by atoms with Gasteiger partial charge in [0.25, 0.3) is 0 Å². The van der Waals surface area contributed by atoms with Crippen LogP contribution in [-0.4, -0.2) is 49.5 Å². The number of isothiocyanates is 1. The lowest BCUT2D eigenvalue weighted by Crippen LogP contribution is -2.60. The summed E-state index contributed by atoms with van der Waals surface area (Å²) in [5.41, 5.74) is 3.16. The number of nitrogens with zero attached hydrogens (tertiary/aromatic N) is 1. The van der Waals surface area contributed by atoms with E-state index in [1.807, 2.05) is 91.0 Å². The minimum Gasteiger partial charge on any atom is -0.374 e. The van der Waals surface area contributed by atoms with Gasteiger partial charge in [-0.05, 0) is 28.9 Å². The highest BCUT2D eigenvalue weighted by atomic mass is 32.1. The molecule has 6 nitrogen and oxygen atoms in total. The van der Waals surface area contributed by atoms with Crippen molar-refractivity contribution in [3.8, 4) is 0 Å². The second-order valence-corrected chi connectivity index (χ2v) is 8.70. The van der Waals surface area contributed by atoms with Crippen LogP contribution in [0.2, 0.25) is 0 Å². The van der Waals surface area contributed by atoms with Crippen LogP contribution >= 0.6 is 12.2 Å². The molecule has 0 radical (unpaired) electrons. The Kier molecular flexibility index (Phi) is 10.3. The van der Waals surface area contributed by atoms with Crippen molar-refractivity contribution >= 4 is 17.4 Å². The molecular formula is C29H31NO5S. The molecule has 1 fully saturated rings. The Bertz CT molecular complexity index is 1080. The lowest BCUT2D eigenvalue weighted by atomic mass is 9.96. The van der Waals surface area contributed by atoms with Gasteiger partial charge in [0.1, 0.15) is 24.4 Å². The summed E-state index contributed by atoms with van der Waals surface area (Å²) >= 11 is 5.00. The fraction of sp³-hybridized carbons (Fsp3) is 0.345. The third kappa shape index (κ3) is 7.38. The zero-order valence-corrected chi connectivity index (χ0v) is 21.1. The predicted octanol–water partition coefficient (Wildman–Crippen LogP) is 5.22. The molecule has 1 aliphatic heterocycles. The second-order valence-electron chi connectivity index (χ2n) is 8.51. The van der Waals surface area contributed by atoms with Gasteiger partial charge in [0.2, 0.25) is 0 Å². The summed E-state index contributed by atoms with van der Waals surface area (Å²) in [6, 6.07) is 29.4. The summed E-state index contributed by atoms with van der Waals surface area (Å²) in [6.07, 6.45) is -2.15. The van der Waals surface area contributed by atoms with Gasteiger partial charge in [0, 0.05) is 7.11 Å². The lowest BCUT2D eigenvalue weighted by Gasteiger charge is -2.43. The maximum absolute atomic E-state index is 6.44. The van der Waals surface area contributed by atoms with Crippen molar-refractivity contribution in [3.63, 3.8) is 0 Å². The second kappa shape index (κ2) is 14.1. The molecule has 0 aliphatic carbocycles. The summed E-state index contributed by atoms with van der Waals surface area (Å²) in [7, 11) is 1.60. The zero-order valence-electron chi connectivity index (χ0n) is 20.3. The monoisotopic (exact) mass is 505 g/mol. The molecule has 1 saturated heterocycles. The Morgan fingerprint density at radius 1 is 0.750 bits per heavy atom. The highest BCUT2D eigenvalue weighted by molar-refractivity contribution is 7.78. The van der Waals surface area contributed by atoms with Gasteiger partial charge in [-0.2, -0.15) is 0 Å². The molecule has 36 heavy (non-hydrogen) atoms. The highest BCUT2D eigenvalue weighted by Gasteiger charge is 2.48. The molecule has 1 heterocycles. The van der Waals surface area contributed by atoms with Crippen LogP contribution in [0.25, 0.3) is 0 Å². The average molecular weight is 506 g/mol. The molecule has 7 heteroatoms. The molecule has 0 amide bonds. The lowest BCUT2D eigenvalue weighted by molar-refractivity contribution is -0.291. The minimum atomic E-state index is -0.670. The van der Waals surface area contributed by atoms with Crippen LogP contribution in [-0.2, 0) is 43.5 Å². The average Bonchev–Trinajstić information content (AvgIpc) is 2.93. The van der Waals surface area contributed by atoms with Gasteiger partial charge in [0.15, 0.2) is 6.29 Å². The van der Waals surface area contributed by atoms with Gasteiger partial charge in [0.05, 0.1) is 31.6 Å². The van der Waals surface area contributed by atoms with E-state index in [4.69, 9.17) is 35.9 Å². The fourth-order valence-electron chi connectivity index (χ4n) is 4.20. The quantitative estimate of drug-likeness (QED) is 0.249. The molecule has 0 aromatic heterocycles. The zero-order chi connectivity index (χ0) is 25.0. The van der Waals surface area contributed by atoms with Crippen molar-refractivity contribution in [1.29, 1.82) is 0 Å². The highest BCUT2D eigenvalue weighted by Crippen LogP contribution is 2.30. The molecule has 4 rings (SSSR count). The van der Waals surface area contributed by atoms with Crippen LogP contribution in [0.4, 0.5) is 0 Å². The largest absolute Gasteiger partial charge is 0.374 e. The standard InChI is InChI=1S/C29H31NO5S/c1-31-29-28(34-19-24-15-9-4-10-16-24)27(33-18-23-13-7-3-8-14-23)26(30-21-36)25(35-29)20-32-17-22-11-5-2-6-12-22/h2-16,25-29H,17-20H2,1H3/t25-,26+,27+,28-,29+/m1/s1. The van der Waals surface area contributed by atoms with E-state index >= 15 is 0 Å². The van der Waals surface area contributed by atoms with E-state index in [1.54, 1.807) is 7.11 Å². The van der Waals surface area contributed by atoms with Gasteiger partial charge in [-0.3, -0.25) is 0 Å². The molecule has 3 aromatic carbocycles. The number of thiocarbonyl (C=S) groups is 1. The molecule has 0 spiro atoms. The van der Waals surface area contributed by atoms with Crippen LogP contribution in [0.3, 0.4) is 0 Å². The number of aliphatic imine (C=N–C) groups is 1. The van der Waals surface area contributed by atoms with Crippen molar-refractivity contribution in [2.75, 3.05) is 13.7 Å². The van der Waals surface area contributed by atoms with Gasteiger partial charge >= 0.3 is 0 Å². The topological polar surface area (TPSA) is 58.5 Å². The molecule has 1 aliphatic rings. The van der Waals surface area contributed by atoms with Crippen LogP contribution < -0.4 is 0 Å². The molecule has 5 atom stereocenters. The van der Waals surface area contributed by atoms with Crippen molar-refractivity contribution in [2.45, 2.75) is 50.5 Å². The molecule has 0 bridgehead atoms. The summed E-state index contributed by atoms with van der Waals surface area (Å²) in [5.74, 6) is 0. The van der Waals surface area contributed by atoms with E-state index in [9.17, 15) is 0 Å². The molecule has 188 valence electrons. The van der Waals surface area contributed by atoms with Crippen LogP contribution in [0.1, 0.15) is 16.7 Å². The van der Waals surface area contributed by atoms with Crippen molar-refractivity contribution in [1.82, 2.24) is 0 Å². The van der Waals surface area contributed by atoms with Crippen molar-refractivity contribution in [2.24, 2.45) is 4.99 Å². The Morgan fingerprint density at radius 3 is 1.75 bits per heavy atom. The van der Waals surface area contributed by atoms with Crippen LogP contribution in [0.5, 0.6) is 0 Å². The Labute approximate surface area is 217 Å². The van der Waals surface area contributed by atoms with E-state index in [-0.39, 0.29) is 6.61 Å². The molecule has 0 N–H and O–H groups in total. The third-order valence-corrected chi connectivity index (χ3v) is 6.12. The smallest absolute Gasteiger partial charge is 0.186 e. The van der Waals surface area contributed by atoms with Gasteiger partial charge < -0.3 is 23.7 Å².